The van der Waals surface area contributed by atoms with E-state index in [1.807, 2.05) is 4.72 Å². The Morgan fingerprint density at radius 1 is 1.17 bits per heavy atom. The molecule has 3 heterocycles. The van der Waals surface area contributed by atoms with Crippen LogP contribution >= 0.6 is 11.6 Å². The lowest BCUT2D eigenvalue weighted by atomic mass is 9.93. The molecule has 192 valence electrons. The number of methoxy groups -OCH3 is 1. The van der Waals surface area contributed by atoms with Crippen molar-refractivity contribution in [3.8, 4) is 0 Å². The molecule has 12 heteroatoms. The van der Waals surface area contributed by atoms with Crippen LogP contribution in [0.1, 0.15) is 26.7 Å². The lowest BCUT2D eigenvalue weighted by molar-refractivity contribution is -0.0166. The van der Waals surface area contributed by atoms with Gasteiger partial charge < -0.3 is 9.64 Å². The van der Waals surface area contributed by atoms with Gasteiger partial charge in [-0.15, -0.1) is 0 Å². The average molecular weight is 533 g/mol. The SMILES string of the molecule is COC1(CN2CCC(C)(C)C2)CCN(c2cc(F)c(S(=O)(=O)Nc3cccc(F)n3)c(F)c2Cl)C1. The first-order chi connectivity index (χ1) is 16.3. The summed E-state index contributed by atoms with van der Waals surface area (Å²) in [5.74, 6) is -4.12. The number of rotatable bonds is 7. The first-order valence-electron chi connectivity index (χ1n) is 11.2. The van der Waals surface area contributed by atoms with Crippen LogP contribution in [0.3, 0.4) is 0 Å². The van der Waals surface area contributed by atoms with Crippen molar-refractivity contribution < 1.29 is 26.3 Å². The van der Waals surface area contributed by atoms with E-state index >= 15 is 8.78 Å². The number of benzene rings is 1. The van der Waals surface area contributed by atoms with E-state index in [2.05, 4.69) is 23.7 Å². The maximum atomic E-state index is 15.2. The molecule has 1 aromatic heterocycles. The van der Waals surface area contributed by atoms with Gasteiger partial charge in [-0.2, -0.15) is 4.39 Å². The van der Waals surface area contributed by atoms with Crippen LogP contribution in [0.4, 0.5) is 24.7 Å². The molecule has 1 unspecified atom stereocenters. The van der Waals surface area contributed by atoms with Crippen molar-refractivity contribution in [1.29, 1.82) is 0 Å². The zero-order valence-electron chi connectivity index (χ0n) is 19.7. The maximum absolute atomic E-state index is 15.2. The van der Waals surface area contributed by atoms with Gasteiger partial charge in [-0.1, -0.05) is 31.5 Å². The molecule has 2 aliphatic heterocycles. The Bertz CT molecular complexity index is 1230. The Morgan fingerprint density at radius 3 is 2.54 bits per heavy atom. The number of aromatic nitrogens is 1. The Balaban J connectivity index is 1.58. The fourth-order valence-corrected chi connectivity index (χ4v) is 6.34. The number of anilines is 2. The van der Waals surface area contributed by atoms with Gasteiger partial charge in [0.05, 0.1) is 11.3 Å². The quantitative estimate of drug-likeness (QED) is 0.424. The Labute approximate surface area is 208 Å². The smallest absolute Gasteiger partial charge is 0.268 e. The molecule has 2 aliphatic rings. The van der Waals surface area contributed by atoms with Crippen LogP contribution in [-0.2, 0) is 14.8 Å². The van der Waals surface area contributed by atoms with E-state index in [1.54, 1.807) is 12.0 Å². The van der Waals surface area contributed by atoms with E-state index < -0.39 is 48.9 Å². The van der Waals surface area contributed by atoms with Gasteiger partial charge in [0.15, 0.2) is 10.7 Å². The Morgan fingerprint density at radius 2 is 1.91 bits per heavy atom. The second-order valence-corrected chi connectivity index (χ2v) is 12.0. The number of hydrogen-bond donors (Lipinski definition) is 1. The summed E-state index contributed by atoms with van der Waals surface area (Å²) in [4.78, 5) is 6.14. The van der Waals surface area contributed by atoms with Gasteiger partial charge in [0.1, 0.15) is 16.7 Å². The highest BCUT2D eigenvalue weighted by Crippen LogP contribution is 2.40. The van der Waals surface area contributed by atoms with Crippen molar-refractivity contribution in [2.45, 2.75) is 37.2 Å². The molecular weight excluding hydrogens is 505 g/mol. The molecular formula is C23H28ClF3N4O3S. The number of sulfonamides is 1. The summed E-state index contributed by atoms with van der Waals surface area (Å²) in [7, 11) is -3.15. The molecule has 0 amide bonds. The molecule has 2 aromatic rings. The number of pyridine rings is 1. The highest BCUT2D eigenvalue weighted by molar-refractivity contribution is 7.92. The van der Waals surface area contributed by atoms with Crippen molar-refractivity contribution >= 4 is 33.1 Å². The van der Waals surface area contributed by atoms with Crippen molar-refractivity contribution in [2.75, 3.05) is 49.5 Å². The highest BCUT2D eigenvalue weighted by Gasteiger charge is 2.43. The lowest BCUT2D eigenvalue weighted by Crippen LogP contribution is -2.46. The highest BCUT2D eigenvalue weighted by atomic mass is 35.5. The van der Waals surface area contributed by atoms with Gasteiger partial charge >= 0.3 is 0 Å². The van der Waals surface area contributed by atoms with Crippen LogP contribution in [0, 0.1) is 23.0 Å². The largest absolute Gasteiger partial charge is 0.375 e. The molecule has 4 rings (SSSR count). The van der Waals surface area contributed by atoms with E-state index in [0.29, 0.717) is 26.1 Å². The van der Waals surface area contributed by atoms with Gasteiger partial charge in [0, 0.05) is 39.4 Å². The summed E-state index contributed by atoms with van der Waals surface area (Å²) in [6, 6.07) is 4.28. The summed E-state index contributed by atoms with van der Waals surface area (Å²) in [5.41, 5.74) is -0.282. The van der Waals surface area contributed by atoms with E-state index in [4.69, 9.17) is 16.3 Å². The zero-order chi connectivity index (χ0) is 25.6. The second kappa shape index (κ2) is 9.42. The van der Waals surface area contributed by atoms with Crippen LogP contribution in [0.25, 0.3) is 0 Å². The first-order valence-corrected chi connectivity index (χ1v) is 13.1. The van der Waals surface area contributed by atoms with Crippen LogP contribution in [0.5, 0.6) is 0 Å². The predicted octanol–water partition coefficient (Wildman–Crippen LogP) is 4.28. The molecule has 1 N–H and O–H groups in total. The summed E-state index contributed by atoms with van der Waals surface area (Å²) in [6.45, 7) is 7.76. The molecule has 1 atom stereocenters. The number of halogens is 4. The van der Waals surface area contributed by atoms with E-state index in [9.17, 15) is 12.8 Å². The van der Waals surface area contributed by atoms with Gasteiger partial charge in [0.2, 0.25) is 5.95 Å². The average Bonchev–Trinajstić information content (AvgIpc) is 3.33. The third kappa shape index (κ3) is 5.37. The number of ether oxygens (including phenoxy) is 1. The molecule has 7 nitrogen and oxygen atoms in total. The molecule has 0 bridgehead atoms. The van der Waals surface area contributed by atoms with Crippen LogP contribution in [-0.4, -0.2) is 63.7 Å². The van der Waals surface area contributed by atoms with Gasteiger partial charge in [0.25, 0.3) is 10.0 Å². The molecule has 0 radical (unpaired) electrons. The van der Waals surface area contributed by atoms with Crippen molar-refractivity contribution in [3.05, 3.63) is 46.9 Å². The van der Waals surface area contributed by atoms with Gasteiger partial charge in [-0.05, 0) is 36.9 Å². The van der Waals surface area contributed by atoms with Gasteiger partial charge in [-0.3, -0.25) is 9.62 Å². The standard InChI is InChI=1S/C23H28ClF3N4O3S/c1-22(2)7-9-30(12-22)13-23(34-3)8-10-31(14-23)16-11-15(25)21(20(27)19(16)24)35(32,33)29-18-6-4-5-17(26)28-18/h4-6,11H,7-10,12-14H2,1-3H3,(H,28,29). The molecule has 0 spiro atoms. The molecule has 0 saturated carbocycles. The third-order valence-electron chi connectivity index (χ3n) is 6.68. The van der Waals surface area contributed by atoms with Gasteiger partial charge in [-0.25, -0.2) is 22.2 Å². The molecule has 35 heavy (non-hydrogen) atoms. The van der Waals surface area contributed by atoms with E-state index in [1.165, 1.54) is 6.07 Å². The minimum absolute atomic E-state index is 0.0465. The molecule has 2 fully saturated rings. The zero-order valence-corrected chi connectivity index (χ0v) is 21.3. The second-order valence-electron chi connectivity index (χ2n) is 9.97. The fraction of sp³-hybridized carbons (Fsp3) is 0.522. The fourth-order valence-electron chi connectivity index (χ4n) is 4.87. The molecule has 1 aromatic carbocycles. The number of likely N-dealkylation sites (tertiary alicyclic amines) is 1. The summed E-state index contributed by atoms with van der Waals surface area (Å²) in [6.07, 6.45) is 1.70. The minimum atomic E-state index is -4.77. The minimum Gasteiger partial charge on any atom is -0.375 e. The van der Waals surface area contributed by atoms with Crippen LogP contribution in [0.15, 0.2) is 29.2 Å². The maximum Gasteiger partial charge on any atom is 0.268 e. The van der Waals surface area contributed by atoms with Crippen molar-refractivity contribution in [2.24, 2.45) is 5.41 Å². The van der Waals surface area contributed by atoms with Crippen LogP contribution in [0.2, 0.25) is 5.02 Å². The molecule has 0 aliphatic carbocycles. The number of nitrogens with zero attached hydrogens (tertiary/aromatic N) is 3. The monoisotopic (exact) mass is 532 g/mol. The summed E-state index contributed by atoms with van der Waals surface area (Å²) >= 11 is 6.23. The third-order valence-corrected chi connectivity index (χ3v) is 8.43. The lowest BCUT2D eigenvalue weighted by Gasteiger charge is -2.33. The normalized spacial score (nSPS) is 22.7. The van der Waals surface area contributed by atoms with E-state index in [-0.39, 0.29) is 11.1 Å². The van der Waals surface area contributed by atoms with Crippen LogP contribution < -0.4 is 9.62 Å². The van der Waals surface area contributed by atoms with Crippen molar-refractivity contribution in [1.82, 2.24) is 9.88 Å². The number of nitrogens with one attached hydrogen (secondary N) is 1. The predicted molar refractivity (Wildman–Crippen MR) is 128 cm³/mol. The summed E-state index contributed by atoms with van der Waals surface area (Å²) in [5, 5.41) is -0.520. The summed E-state index contributed by atoms with van der Waals surface area (Å²) < 4.78 is 76.7. The Kier molecular flexibility index (Phi) is 7.00. The van der Waals surface area contributed by atoms with E-state index in [0.717, 1.165) is 37.7 Å². The first kappa shape index (κ1) is 26.0. The topological polar surface area (TPSA) is 74.8 Å². The number of hydrogen-bond acceptors (Lipinski definition) is 6. The molecule has 2 saturated heterocycles. The Hall–Kier alpha value is -2.08. The van der Waals surface area contributed by atoms with Crippen molar-refractivity contribution in [3.63, 3.8) is 0 Å².